The fourth-order valence-corrected chi connectivity index (χ4v) is 3.09. The molecule has 0 aromatic heterocycles. The van der Waals surface area contributed by atoms with Crippen molar-refractivity contribution in [1.82, 2.24) is 5.32 Å². The van der Waals surface area contributed by atoms with Gasteiger partial charge < -0.3 is 15.4 Å². The minimum atomic E-state index is -0.495. The number of amides is 2. The molecule has 0 spiro atoms. The Kier molecular flexibility index (Phi) is 6.00. The number of ether oxygens (including phenoxy) is 1. The molecule has 1 fully saturated rings. The minimum absolute atomic E-state index is 0.0220. The van der Waals surface area contributed by atoms with E-state index in [2.05, 4.69) is 10.6 Å². The average Bonchev–Trinajstić information content (AvgIpc) is 3.19. The highest BCUT2D eigenvalue weighted by molar-refractivity contribution is 6.09. The standard InChI is InChI=1S/C20H21N3O5/c1-13-11-14(8-9-18(13)23(26)27)19(24)22-17-7-3-2-6-16(17)20(25)21-12-15-5-4-10-28-15/h2-3,6-9,11,15H,4-5,10,12H2,1H3,(H,21,25)(H,22,24)/t15-/m1/s1. The van der Waals surface area contributed by atoms with Crippen molar-refractivity contribution in [2.24, 2.45) is 0 Å². The molecular formula is C20H21N3O5. The number of hydrogen-bond donors (Lipinski definition) is 2. The maximum absolute atomic E-state index is 12.6. The number of benzene rings is 2. The maximum atomic E-state index is 12.6. The lowest BCUT2D eigenvalue weighted by molar-refractivity contribution is -0.385. The third kappa shape index (κ3) is 4.52. The number of hydrogen-bond acceptors (Lipinski definition) is 5. The fourth-order valence-electron chi connectivity index (χ4n) is 3.09. The quantitative estimate of drug-likeness (QED) is 0.588. The number of nitrogens with zero attached hydrogens (tertiary/aromatic N) is 1. The number of nitro groups is 1. The number of para-hydroxylation sites is 1. The summed E-state index contributed by atoms with van der Waals surface area (Å²) in [4.78, 5) is 35.5. The van der Waals surface area contributed by atoms with E-state index in [9.17, 15) is 19.7 Å². The Morgan fingerprint density at radius 1 is 1.21 bits per heavy atom. The number of nitrogens with one attached hydrogen (secondary N) is 2. The van der Waals surface area contributed by atoms with Gasteiger partial charge in [0.15, 0.2) is 0 Å². The van der Waals surface area contributed by atoms with E-state index >= 15 is 0 Å². The van der Waals surface area contributed by atoms with Gasteiger partial charge in [-0.15, -0.1) is 0 Å². The normalized spacial score (nSPS) is 15.8. The summed E-state index contributed by atoms with van der Waals surface area (Å²) < 4.78 is 5.50. The number of nitro benzene ring substituents is 1. The number of rotatable bonds is 6. The summed E-state index contributed by atoms with van der Waals surface area (Å²) in [5.41, 5.74) is 1.32. The van der Waals surface area contributed by atoms with Gasteiger partial charge in [0, 0.05) is 30.3 Å². The summed E-state index contributed by atoms with van der Waals surface area (Å²) in [5.74, 6) is -0.747. The fraction of sp³-hybridized carbons (Fsp3) is 0.300. The van der Waals surface area contributed by atoms with Crippen LogP contribution in [-0.4, -0.2) is 36.0 Å². The average molecular weight is 383 g/mol. The summed E-state index contributed by atoms with van der Waals surface area (Å²) in [6.07, 6.45) is 1.92. The molecule has 28 heavy (non-hydrogen) atoms. The van der Waals surface area contributed by atoms with Crippen LogP contribution in [0.15, 0.2) is 42.5 Å². The Bertz CT molecular complexity index is 906. The molecule has 1 saturated heterocycles. The molecule has 146 valence electrons. The maximum Gasteiger partial charge on any atom is 0.272 e. The summed E-state index contributed by atoms with van der Waals surface area (Å²) in [6, 6.07) is 10.8. The summed E-state index contributed by atoms with van der Waals surface area (Å²) in [7, 11) is 0. The Morgan fingerprint density at radius 2 is 2.00 bits per heavy atom. The van der Waals surface area contributed by atoms with Gasteiger partial charge in [0.25, 0.3) is 17.5 Å². The molecule has 3 rings (SSSR count). The van der Waals surface area contributed by atoms with Gasteiger partial charge in [-0.2, -0.15) is 0 Å². The zero-order valence-corrected chi connectivity index (χ0v) is 15.4. The van der Waals surface area contributed by atoms with Crippen LogP contribution in [-0.2, 0) is 4.74 Å². The molecule has 0 saturated carbocycles. The van der Waals surface area contributed by atoms with E-state index in [0.29, 0.717) is 30.0 Å². The van der Waals surface area contributed by atoms with Crippen LogP contribution in [0.4, 0.5) is 11.4 Å². The summed E-state index contributed by atoms with van der Waals surface area (Å²) in [5, 5.41) is 16.5. The van der Waals surface area contributed by atoms with Gasteiger partial charge >= 0.3 is 0 Å². The van der Waals surface area contributed by atoms with Gasteiger partial charge in [0.2, 0.25) is 0 Å². The van der Waals surface area contributed by atoms with Crippen LogP contribution in [0, 0.1) is 17.0 Å². The lowest BCUT2D eigenvalue weighted by Crippen LogP contribution is -2.32. The molecule has 8 heteroatoms. The molecule has 1 atom stereocenters. The van der Waals surface area contributed by atoms with Crippen molar-refractivity contribution in [3.8, 4) is 0 Å². The second-order valence-corrected chi connectivity index (χ2v) is 6.60. The molecule has 0 radical (unpaired) electrons. The number of carbonyl (C=O) groups is 2. The van der Waals surface area contributed by atoms with Crippen molar-refractivity contribution in [2.75, 3.05) is 18.5 Å². The predicted octanol–water partition coefficient (Wildman–Crippen LogP) is 3.06. The van der Waals surface area contributed by atoms with Gasteiger partial charge in [-0.3, -0.25) is 19.7 Å². The van der Waals surface area contributed by atoms with Crippen LogP contribution in [0.2, 0.25) is 0 Å². The van der Waals surface area contributed by atoms with Crippen LogP contribution in [0.3, 0.4) is 0 Å². The van der Waals surface area contributed by atoms with Crippen LogP contribution < -0.4 is 10.6 Å². The SMILES string of the molecule is Cc1cc(C(=O)Nc2ccccc2C(=O)NC[C@H]2CCCO2)ccc1[N+](=O)[O-]. The molecule has 2 aromatic rings. The topological polar surface area (TPSA) is 111 Å². The van der Waals surface area contributed by atoms with E-state index in [-0.39, 0.29) is 23.3 Å². The van der Waals surface area contributed by atoms with E-state index in [0.717, 1.165) is 12.8 Å². The van der Waals surface area contributed by atoms with Crippen molar-refractivity contribution >= 4 is 23.2 Å². The minimum Gasteiger partial charge on any atom is -0.376 e. The van der Waals surface area contributed by atoms with Crippen molar-refractivity contribution in [3.05, 3.63) is 69.3 Å². The molecule has 2 aromatic carbocycles. The molecule has 0 unspecified atom stereocenters. The first kappa shape index (κ1) is 19.5. The zero-order chi connectivity index (χ0) is 20.1. The Balaban J connectivity index is 1.71. The van der Waals surface area contributed by atoms with E-state index in [4.69, 9.17) is 4.74 Å². The third-order valence-corrected chi connectivity index (χ3v) is 4.59. The van der Waals surface area contributed by atoms with Gasteiger partial charge in [0.05, 0.1) is 22.3 Å². The first-order chi connectivity index (χ1) is 13.5. The van der Waals surface area contributed by atoms with Crippen LogP contribution in [0.1, 0.15) is 39.1 Å². The number of carbonyl (C=O) groups excluding carboxylic acids is 2. The smallest absolute Gasteiger partial charge is 0.272 e. The molecule has 0 bridgehead atoms. The van der Waals surface area contributed by atoms with E-state index in [1.165, 1.54) is 18.2 Å². The van der Waals surface area contributed by atoms with Gasteiger partial charge in [-0.25, -0.2) is 0 Å². The van der Waals surface area contributed by atoms with Crippen molar-refractivity contribution in [3.63, 3.8) is 0 Å². The van der Waals surface area contributed by atoms with Crippen molar-refractivity contribution < 1.29 is 19.2 Å². The summed E-state index contributed by atoms with van der Waals surface area (Å²) in [6.45, 7) is 2.70. The molecule has 1 heterocycles. The molecule has 2 amide bonds. The Labute approximate surface area is 162 Å². The number of anilines is 1. The van der Waals surface area contributed by atoms with Gasteiger partial charge in [0.1, 0.15) is 0 Å². The van der Waals surface area contributed by atoms with Crippen molar-refractivity contribution in [2.45, 2.75) is 25.9 Å². The first-order valence-electron chi connectivity index (χ1n) is 9.01. The zero-order valence-electron chi connectivity index (χ0n) is 15.4. The molecule has 1 aliphatic rings. The molecule has 8 nitrogen and oxygen atoms in total. The Morgan fingerprint density at radius 3 is 2.68 bits per heavy atom. The molecular weight excluding hydrogens is 362 g/mol. The largest absolute Gasteiger partial charge is 0.376 e. The lowest BCUT2D eigenvalue weighted by Gasteiger charge is -2.14. The highest BCUT2D eigenvalue weighted by atomic mass is 16.6. The molecule has 1 aliphatic heterocycles. The van der Waals surface area contributed by atoms with E-state index < -0.39 is 10.8 Å². The van der Waals surface area contributed by atoms with E-state index in [1.807, 2.05) is 0 Å². The van der Waals surface area contributed by atoms with Gasteiger partial charge in [-0.05, 0) is 44.0 Å². The van der Waals surface area contributed by atoms with Crippen molar-refractivity contribution in [1.29, 1.82) is 0 Å². The second-order valence-electron chi connectivity index (χ2n) is 6.60. The molecule has 2 N–H and O–H groups in total. The van der Waals surface area contributed by atoms with Gasteiger partial charge in [-0.1, -0.05) is 12.1 Å². The monoisotopic (exact) mass is 383 g/mol. The van der Waals surface area contributed by atoms with Crippen LogP contribution >= 0.6 is 0 Å². The highest BCUT2D eigenvalue weighted by Crippen LogP contribution is 2.21. The molecule has 0 aliphatic carbocycles. The second kappa shape index (κ2) is 8.62. The predicted molar refractivity (Wildman–Crippen MR) is 104 cm³/mol. The third-order valence-electron chi connectivity index (χ3n) is 4.59. The number of aryl methyl sites for hydroxylation is 1. The van der Waals surface area contributed by atoms with Crippen LogP contribution in [0.5, 0.6) is 0 Å². The lowest BCUT2D eigenvalue weighted by atomic mass is 10.1. The first-order valence-corrected chi connectivity index (χ1v) is 9.01. The van der Waals surface area contributed by atoms with E-state index in [1.54, 1.807) is 31.2 Å². The summed E-state index contributed by atoms with van der Waals surface area (Å²) >= 11 is 0. The highest BCUT2D eigenvalue weighted by Gasteiger charge is 2.19. The van der Waals surface area contributed by atoms with Crippen LogP contribution in [0.25, 0.3) is 0 Å². The Hall–Kier alpha value is -3.26.